The monoisotopic (exact) mass is 301 g/mol. The Balaban J connectivity index is 2.16. The van der Waals surface area contributed by atoms with Crippen LogP contribution in [0.1, 0.15) is 25.5 Å². The van der Waals surface area contributed by atoms with Crippen molar-refractivity contribution < 1.29 is 9.13 Å². The SMILES string of the molecule is CC(C)C1CNCC(c2ccc(F)cc2Br)O1. The Morgan fingerprint density at radius 1 is 1.41 bits per heavy atom. The molecule has 1 aliphatic heterocycles. The summed E-state index contributed by atoms with van der Waals surface area (Å²) < 4.78 is 19.8. The van der Waals surface area contributed by atoms with Gasteiger partial charge in [0.25, 0.3) is 0 Å². The highest BCUT2D eigenvalue weighted by Gasteiger charge is 2.26. The van der Waals surface area contributed by atoms with Crippen LogP contribution in [0.15, 0.2) is 22.7 Å². The minimum absolute atomic E-state index is 0.00822. The van der Waals surface area contributed by atoms with Gasteiger partial charge in [-0.1, -0.05) is 35.8 Å². The van der Waals surface area contributed by atoms with Crippen molar-refractivity contribution in [2.45, 2.75) is 26.1 Å². The van der Waals surface area contributed by atoms with E-state index >= 15 is 0 Å². The van der Waals surface area contributed by atoms with E-state index in [-0.39, 0.29) is 18.0 Å². The first-order chi connectivity index (χ1) is 8.08. The fourth-order valence-electron chi connectivity index (χ4n) is 2.00. The lowest BCUT2D eigenvalue weighted by Gasteiger charge is -2.33. The highest BCUT2D eigenvalue weighted by atomic mass is 79.9. The van der Waals surface area contributed by atoms with Crippen LogP contribution in [0.3, 0.4) is 0 Å². The van der Waals surface area contributed by atoms with Crippen molar-refractivity contribution in [3.05, 3.63) is 34.1 Å². The first-order valence-corrected chi connectivity index (χ1v) is 6.68. The van der Waals surface area contributed by atoms with Gasteiger partial charge in [-0.3, -0.25) is 0 Å². The molecule has 0 aliphatic carbocycles. The molecule has 1 N–H and O–H groups in total. The quantitative estimate of drug-likeness (QED) is 0.905. The summed E-state index contributed by atoms with van der Waals surface area (Å²) in [4.78, 5) is 0. The van der Waals surface area contributed by atoms with Crippen LogP contribution < -0.4 is 5.32 Å². The summed E-state index contributed by atoms with van der Waals surface area (Å²) in [6, 6.07) is 4.74. The normalized spacial score (nSPS) is 25.2. The summed E-state index contributed by atoms with van der Waals surface area (Å²) >= 11 is 3.39. The fourth-order valence-corrected chi connectivity index (χ4v) is 2.61. The number of hydrogen-bond donors (Lipinski definition) is 1. The van der Waals surface area contributed by atoms with Crippen LogP contribution in [-0.4, -0.2) is 19.2 Å². The second kappa shape index (κ2) is 5.46. The maximum atomic E-state index is 13.0. The molecule has 2 unspecified atom stereocenters. The van der Waals surface area contributed by atoms with Gasteiger partial charge in [0, 0.05) is 17.6 Å². The molecule has 1 aromatic carbocycles. The van der Waals surface area contributed by atoms with Crippen molar-refractivity contribution in [1.29, 1.82) is 0 Å². The van der Waals surface area contributed by atoms with Crippen LogP contribution in [-0.2, 0) is 4.74 Å². The summed E-state index contributed by atoms with van der Waals surface area (Å²) in [7, 11) is 0. The molecule has 2 nitrogen and oxygen atoms in total. The molecule has 17 heavy (non-hydrogen) atoms. The van der Waals surface area contributed by atoms with E-state index in [2.05, 4.69) is 35.1 Å². The van der Waals surface area contributed by atoms with Gasteiger partial charge < -0.3 is 10.1 Å². The molecule has 0 spiro atoms. The maximum absolute atomic E-state index is 13.0. The van der Waals surface area contributed by atoms with Crippen LogP contribution >= 0.6 is 15.9 Å². The molecule has 0 aromatic heterocycles. The summed E-state index contributed by atoms with van der Waals surface area (Å²) in [5, 5.41) is 3.37. The summed E-state index contributed by atoms with van der Waals surface area (Å²) in [6.45, 7) is 5.95. The Morgan fingerprint density at radius 3 is 2.82 bits per heavy atom. The molecule has 4 heteroatoms. The van der Waals surface area contributed by atoms with Crippen LogP contribution in [0.2, 0.25) is 0 Å². The van der Waals surface area contributed by atoms with Gasteiger partial charge in [-0.05, 0) is 23.6 Å². The summed E-state index contributed by atoms with van der Waals surface area (Å²) in [5.74, 6) is 0.245. The van der Waals surface area contributed by atoms with Gasteiger partial charge in [-0.25, -0.2) is 4.39 Å². The van der Waals surface area contributed by atoms with Gasteiger partial charge >= 0.3 is 0 Å². The molecule has 0 amide bonds. The summed E-state index contributed by atoms with van der Waals surface area (Å²) in [5.41, 5.74) is 1.00. The lowest BCUT2D eigenvalue weighted by atomic mass is 10.0. The van der Waals surface area contributed by atoms with Gasteiger partial charge in [-0.2, -0.15) is 0 Å². The largest absolute Gasteiger partial charge is 0.367 e. The van der Waals surface area contributed by atoms with E-state index in [1.807, 2.05) is 0 Å². The van der Waals surface area contributed by atoms with Gasteiger partial charge in [-0.15, -0.1) is 0 Å². The standard InChI is InChI=1S/C13H17BrFNO/c1-8(2)12-6-16-7-13(17-12)10-4-3-9(15)5-11(10)14/h3-5,8,12-13,16H,6-7H2,1-2H3. The van der Waals surface area contributed by atoms with Crippen molar-refractivity contribution in [2.75, 3.05) is 13.1 Å². The molecule has 1 fully saturated rings. The van der Waals surface area contributed by atoms with Crippen molar-refractivity contribution >= 4 is 15.9 Å². The minimum atomic E-state index is -0.232. The average Bonchev–Trinajstić information content (AvgIpc) is 2.29. The molecule has 1 aromatic rings. The zero-order valence-electron chi connectivity index (χ0n) is 10.0. The number of rotatable bonds is 2. The summed E-state index contributed by atoms with van der Waals surface area (Å²) in [6.07, 6.45) is 0.205. The fraction of sp³-hybridized carbons (Fsp3) is 0.538. The molecule has 1 aliphatic rings. The van der Waals surface area contributed by atoms with E-state index in [0.29, 0.717) is 5.92 Å². The highest BCUT2D eigenvalue weighted by molar-refractivity contribution is 9.10. The van der Waals surface area contributed by atoms with Crippen molar-refractivity contribution in [3.63, 3.8) is 0 Å². The second-order valence-electron chi connectivity index (χ2n) is 4.73. The zero-order chi connectivity index (χ0) is 12.4. The number of morpholine rings is 1. The van der Waals surface area contributed by atoms with Gasteiger partial charge in [0.15, 0.2) is 0 Å². The third-order valence-corrected chi connectivity index (χ3v) is 3.75. The second-order valence-corrected chi connectivity index (χ2v) is 5.59. The van der Waals surface area contributed by atoms with E-state index in [1.54, 1.807) is 6.07 Å². The van der Waals surface area contributed by atoms with Crippen LogP contribution in [0.5, 0.6) is 0 Å². The topological polar surface area (TPSA) is 21.3 Å². The average molecular weight is 302 g/mol. The Hall–Kier alpha value is -0.450. The molecule has 0 bridgehead atoms. The number of nitrogens with one attached hydrogen (secondary N) is 1. The maximum Gasteiger partial charge on any atom is 0.124 e. The number of ether oxygens (including phenoxy) is 1. The molecule has 1 saturated heterocycles. The van der Waals surface area contributed by atoms with Gasteiger partial charge in [0.05, 0.1) is 12.2 Å². The molecule has 94 valence electrons. The molecule has 0 radical (unpaired) electrons. The Morgan fingerprint density at radius 2 is 2.18 bits per heavy atom. The lowest BCUT2D eigenvalue weighted by Crippen LogP contribution is -2.43. The van der Waals surface area contributed by atoms with Crippen molar-refractivity contribution in [2.24, 2.45) is 5.92 Å². The predicted octanol–water partition coefficient (Wildman–Crippen LogP) is 3.27. The highest BCUT2D eigenvalue weighted by Crippen LogP contribution is 2.30. The first-order valence-electron chi connectivity index (χ1n) is 5.89. The smallest absolute Gasteiger partial charge is 0.124 e. The Kier molecular flexibility index (Phi) is 4.17. The third kappa shape index (κ3) is 3.06. The number of hydrogen-bond acceptors (Lipinski definition) is 2. The molecule has 2 atom stereocenters. The van der Waals surface area contributed by atoms with Crippen molar-refractivity contribution in [3.8, 4) is 0 Å². The molecule has 0 saturated carbocycles. The predicted molar refractivity (Wildman–Crippen MR) is 69.4 cm³/mol. The number of benzene rings is 1. The third-order valence-electron chi connectivity index (χ3n) is 3.07. The van der Waals surface area contributed by atoms with E-state index in [9.17, 15) is 4.39 Å². The zero-order valence-corrected chi connectivity index (χ0v) is 11.6. The van der Waals surface area contributed by atoms with E-state index in [0.717, 1.165) is 23.1 Å². The van der Waals surface area contributed by atoms with Gasteiger partial charge in [0.1, 0.15) is 5.82 Å². The molecule has 2 rings (SSSR count). The Bertz CT molecular complexity index is 397. The van der Waals surface area contributed by atoms with Crippen molar-refractivity contribution in [1.82, 2.24) is 5.32 Å². The minimum Gasteiger partial charge on any atom is -0.367 e. The lowest BCUT2D eigenvalue weighted by molar-refractivity contribution is -0.0606. The van der Waals surface area contributed by atoms with E-state index < -0.39 is 0 Å². The van der Waals surface area contributed by atoms with Crippen LogP contribution in [0.25, 0.3) is 0 Å². The number of halogens is 2. The molecular weight excluding hydrogens is 285 g/mol. The molecular formula is C13H17BrFNO. The van der Waals surface area contributed by atoms with Crippen LogP contribution in [0.4, 0.5) is 4.39 Å². The van der Waals surface area contributed by atoms with Crippen LogP contribution in [0, 0.1) is 11.7 Å². The van der Waals surface area contributed by atoms with E-state index in [4.69, 9.17) is 4.74 Å². The Labute approximate surface area is 110 Å². The van der Waals surface area contributed by atoms with E-state index in [1.165, 1.54) is 12.1 Å². The first kappa shape index (κ1) is 13.0. The van der Waals surface area contributed by atoms with Gasteiger partial charge in [0.2, 0.25) is 0 Å². The molecule has 1 heterocycles.